The van der Waals surface area contributed by atoms with Gasteiger partial charge in [-0.1, -0.05) is 0 Å². The van der Waals surface area contributed by atoms with Crippen molar-refractivity contribution in [1.29, 1.82) is 0 Å². The number of hydrogen-bond donors (Lipinski definition) is 2. The molecule has 0 unspecified atom stereocenters. The number of likely N-dealkylation sites (tertiary alicyclic amines) is 1. The summed E-state index contributed by atoms with van der Waals surface area (Å²) >= 11 is 0. The molecule has 0 atom stereocenters. The van der Waals surface area contributed by atoms with Crippen molar-refractivity contribution in [3.8, 4) is 0 Å². The minimum Gasteiger partial charge on any atom is -0.385 e. The Morgan fingerprint density at radius 3 is 2.35 bits per heavy atom. The largest absolute Gasteiger partial charge is 0.385 e. The third kappa shape index (κ3) is 3.94. The maximum atomic E-state index is 11.8. The number of sulfonamides is 1. The Bertz CT molecular complexity index is 563. The fourth-order valence-electron chi connectivity index (χ4n) is 2.20. The van der Waals surface area contributed by atoms with E-state index in [4.69, 9.17) is 5.14 Å². The summed E-state index contributed by atoms with van der Waals surface area (Å²) in [5, 5.41) is 8.11. The monoisotopic (exact) mass is 297 g/mol. The van der Waals surface area contributed by atoms with Gasteiger partial charge in [0.15, 0.2) is 0 Å². The Morgan fingerprint density at radius 1 is 1.20 bits per heavy atom. The third-order valence-electron chi connectivity index (χ3n) is 3.31. The van der Waals surface area contributed by atoms with Gasteiger partial charge in [-0.25, -0.2) is 13.6 Å². The lowest BCUT2D eigenvalue weighted by Gasteiger charge is -2.15. The quantitative estimate of drug-likeness (QED) is 0.839. The number of hydrogen-bond acceptors (Lipinski definition) is 4. The first-order valence-electron chi connectivity index (χ1n) is 6.61. The van der Waals surface area contributed by atoms with E-state index in [9.17, 15) is 13.2 Å². The summed E-state index contributed by atoms with van der Waals surface area (Å²) in [5.74, 6) is 0.163. The van der Waals surface area contributed by atoms with Crippen LogP contribution >= 0.6 is 0 Å². The van der Waals surface area contributed by atoms with Crippen LogP contribution in [0.15, 0.2) is 29.2 Å². The number of benzene rings is 1. The lowest BCUT2D eigenvalue weighted by atomic mass is 10.3. The van der Waals surface area contributed by atoms with Gasteiger partial charge in [0.2, 0.25) is 15.9 Å². The lowest BCUT2D eigenvalue weighted by molar-refractivity contribution is -0.129. The Labute approximate surface area is 119 Å². The highest BCUT2D eigenvalue weighted by molar-refractivity contribution is 7.89. The van der Waals surface area contributed by atoms with E-state index in [1.54, 1.807) is 12.1 Å². The molecular formula is C13H19N3O3S. The SMILES string of the molecule is NS(=O)(=O)c1ccc(NCCC(=O)N2CCCC2)cc1. The summed E-state index contributed by atoms with van der Waals surface area (Å²) in [6.07, 6.45) is 2.62. The van der Waals surface area contributed by atoms with Gasteiger partial charge in [-0.3, -0.25) is 4.79 Å². The fraction of sp³-hybridized carbons (Fsp3) is 0.462. The number of nitrogens with two attached hydrogens (primary N) is 1. The van der Waals surface area contributed by atoms with Gasteiger partial charge in [-0.05, 0) is 37.1 Å². The standard InChI is InChI=1S/C13H19N3O3S/c14-20(18,19)12-5-3-11(4-6-12)15-8-7-13(17)16-9-1-2-10-16/h3-6,15H,1-2,7-10H2,(H2,14,18,19). The van der Waals surface area contributed by atoms with Gasteiger partial charge >= 0.3 is 0 Å². The molecule has 2 rings (SSSR count). The highest BCUT2D eigenvalue weighted by atomic mass is 32.2. The van der Waals surface area contributed by atoms with Crippen molar-refractivity contribution in [3.05, 3.63) is 24.3 Å². The molecule has 0 spiro atoms. The van der Waals surface area contributed by atoms with Gasteiger partial charge < -0.3 is 10.2 Å². The first kappa shape index (κ1) is 14.8. The van der Waals surface area contributed by atoms with Crippen LogP contribution in [-0.4, -0.2) is 38.9 Å². The Hall–Kier alpha value is -1.60. The zero-order valence-corrected chi connectivity index (χ0v) is 12.0. The number of amides is 1. The molecule has 0 radical (unpaired) electrons. The Morgan fingerprint density at radius 2 is 1.80 bits per heavy atom. The summed E-state index contributed by atoms with van der Waals surface area (Å²) in [6, 6.07) is 6.17. The van der Waals surface area contributed by atoms with Crippen LogP contribution in [0.2, 0.25) is 0 Å². The van der Waals surface area contributed by atoms with Crippen LogP contribution in [0.4, 0.5) is 5.69 Å². The van der Waals surface area contributed by atoms with Crippen molar-refractivity contribution in [1.82, 2.24) is 4.90 Å². The van der Waals surface area contributed by atoms with E-state index >= 15 is 0 Å². The smallest absolute Gasteiger partial charge is 0.238 e. The van der Waals surface area contributed by atoms with Gasteiger partial charge in [0.25, 0.3) is 0 Å². The highest BCUT2D eigenvalue weighted by Gasteiger charge is 2.16. The van der Waals surface area contributed by atoms with Crippen molar-refractivity contribution in [2.75, 3.05) is 25.0 Å². The van der Waals surface area contributed by atoms with Crippen molar-refractivity contribution in [3.63, 3.8) is 0 Å². The van der Waals surface area contributed by atoms with Crippen molar-refractivity contribution in [2.45, 2.75) is 24.2 Å². The summed E-state index contributed by atoms with van der Waals surface area (Å²) in [6.45, 7) is 2.26. The molecule has 1 aromatic carbocycles. The molecule has 20 heavy (non-hydrogen) atoms. The van der Waals surface area contributed by atoms with Gasteiger partial charge in [-0.15, -0.1) is 0 Å². The average molecular weight is 297 g/mol. The van der Waals surface area contributed by atoms with Gasteiger partial charge in [0.1, 0.15) is 0 Å². The van der Waals surface area contributed by atoms with E-state index < -0.39 is 10.0 Å². The van der Waals surface area contributed by atoms with E-state index in [1.807, 2.05) is 4.90 Å². The highest BCUT2D eigenvalue weighted by Crippen LogP contribution is 2.13. The minimum atomic E-state index is -3.65. The van der Waals surface area contributed by atoms with Crippen molar-refractivity contribution in [2.24, 2.45) is 5.14 Å². The second-order valence-corrected chi connectivity index (χ2v) is 6.40. The zero-order valence-electron chi connectivity index (χ0n) is 11.2. The van der Waals surface area contributed by atoms with Crippen LogP contribution < -0.4 is 10.5 Å². The van der Waals surface area contributed by atoms with Crippen molar-refractivity contribution < 1.29 is 13.2 Å². The third-order valence-corrected chi connectivity index (χ3v) is 4.24. The zero-order chi connectivity index (χ0) is 14.6. The molecule has 1 amide bonds. The second-order valence-electron chi connectivity index (χ2n) is 4.83. The van der Waals surface area contributed by atoms with Crippen LogP contribution in [-0.2, 0) is 14.8 Å². The van der Waals surface area contributed by atoms with Crippen LogP contribution in [0.3, 0.4) is 0 Å². The van der Waals surface area contributed by atoms with E-state index in [2.05, 4.69) is 5.32 Å². The van der Waals surface area contributed by atoms with Crippen LogP contribution in [0.25, 0.3) is 0 Å². The molecule has 0 saturated carbocycles. The molecule has 6 nitrogen and oxygen atoms in total. The molecular weight excluding hydrogens is 278 g/mol. The molecule has 7 heteroatoms. The summed E-state index contributed by atoms with van der Waals surface area (Å²) in [5.41, 5.74) is 0.770. The van der Waals surface area contributed by atoms with Crippen LogP contribution in [0.1, 0.15) is 19.3 Å². The summed E-state index contributed by atoms with van der Waals surface area (Å²) < 4.78 is 22.2. The fourth-order valence-corrected chi connectivity index (χ4v) is 2.72. The Balaban J connectivity index is 1.81. The topological polar surface area (TPSA) is 92.5 Å². The first-order valence-corrected chi connectivity index (χ1v) is 8.16. The van der Waals surface area contributed by atoms with Gasteiger partial charge in [-0.2, -0.15) is 0 Å². The molecule has 1 saturated heterocycles. The molecule has 0 aromatic heterocycles. The molecule has 110 valence electrons. The van der Waals surface area contributed by atoms with Crippen LogP contribution in [0, 0.1) is 0 Å². The number of carbonyl (C=O) groups excluding carboxylic acids is 1. The maximum absolute atomic E-state index is 11.8. The molecule has 1 aromatic rings. The molecule has 0 aliphatic carbocycles. The van der Waals surface area contributed by atoms with E-state index in [1.165, 1.54) is 12.1 Å². The molecule has 1 aliphatic rings. The van der Waals surface area contributed by atoms with E-state index in [0.29, 0.717) is 13.0 Å². The van der Waals surface area contributed by atoms with E-state index in [0.717, 1.165) is 31.6 Å². The number of nitrogens with one attached hydrogen (secondary N) is 1. The van der Waals surface area contributed by atoms with Gasteiger partial charge in [0, 0.05) is 31.7 Å². The van der Waals surface area contributed by atoms with Gasteiger partial charge in [0.05, 0.1) is 4.90 Å². The van der Waals surface area contributed by atoms with Crippen molar-refractivity contribution >= 4 is 21.6 Å². The molecule has 0 bridgehead atoms. The predicted octanol–water partition coefficient (Wildman–Crippen LogP) is 0.758. The molecule has 1 fully saturated rings. The summed E-state index contributed by atoms with van der Waals surface area (Å²) in [4.78, 5) is 13.8. The molecule has 1 heterocycles. The lowest BCUT2D eigenvalue weighted by Crippen LogP contribution is -2.29. The maximum Gasteiger partial charge on any atom is 0.238 e. The minimum absolute atomic E-state index is 0.0798. The number of carbonyl (C=O) groups is 1. The first-order chi connectivity index (χ1) is 9.47. The number of anilines is 1. The number of nitrogens with zero attached hydrogens (tertiary/aromatic N) is 1. The second kappa shape index (κ2) is 6.23. The molecule has 1 aliphatic heterocycles. The average Bonchev–Trinajstić information content (AvgIpc) is 2.92. The number of rotatable bonds is 5. The van der Waals surface area contributed by atoms with E-state index in [-0.39, 0.29) is 10.8 Å². The molecule has 3 N–H and O–H groups in total. The predicted molar refractivity (Wildman–Crippen MR) is 76.7 cm³/mol. The normalized spacial score (nSPS) is 15.3. The Kier molecular flexibility index (Phi) is 4.61. The number of primary sulfonamides is 1. The van der Waals surface area contributed by atoms with Crippen LogP contribution in [0.5, 0.6) is 0 Å². The summed E-state index contributed by atoms with van der Waals surface area (Å²) in [7, 11) is -3.65.